The van der Waals surface area contributed by atoms with Crippen LogP contribution in [0.5, 0.6) is 0 Å². The number of nitrogen functional groups attached to an aromatic ring is 1. The fraction of sp³-hybridized carbons (Fsp3) is 0.636. The van der Waals surface area contributed by atoms with E-state index in [1.165, 1.54) is 25.8 Å². The van der Waals surface area contributed by atoms with Gasteiger partial charge < -0.3 is 15.0 Å². The number of aryl methyl sites for hydroxylation is 1. The highest BCUT2D eigenvalue weighted by atomic mass is 32.2. The number of nitrogens with two attached hydrogens (primary N) is 1. The summed E-state index contributed by atoms with van der Waals surface area (Å²) in [5.74, 6) is -0.0697. The molecule has 20 heavy (non-hydrogen) atoms. The molecule has 0 bridgehead atoms. The van der Waals surface area contributed by atoms with Crippen molar-refractivity contribution in [2.45, 2.75) is 19.9 Å². The smallest absolute Gasteiger partial charge is 0.360 e. The molecule has 9 heteroatoms. The Bertz CT molecular complexity index is 592. The number of esters is 1. The lowest BCUT2D eigenvalue weighted by Gasteiger charge is -2.13. The number of sulfonamides is 1. The minimum absolute atomic E-state index is 0.0200. The lowest BCUT2D eigenvalue weighted by Crippen LogP contribution is -2.28. The Morgan fingerprint density at radius 1 is 1.45 bits per heavy atom. The summed E-state index contributed by atoms with van der Waals surface area (Å²) in [5, 5.41) is 0. The van der Waals surface area contributed by atoms with Crippen LogP contribution in [0.2, 0.25) is 0 Å². The zero-order valence-corrected chi connectivity index (χ0v) is 12.9. The fourth-order valence-corrected chi connectivity index (χ4v) is 2.45. The van der Waals surface area contributed by atoms with Gasteiger partial charge >= 0.3 is 5.97 Å². The molecule has 0 unspecified atom stereocenters. The standard InChI is InChI=1S/C11H20N4O4S/c1-5-8-13-9(11(16)19-4)10(12)15(8)6-7-20(17,18)14(2)3/h5-7,12H2,1-4H3. The van der Waals surface area contributed by atoms with Crippen molar-refractivity contribution in [3.63, 3.8) is 0 Å². The van der Waals surface area contributed by atoms with Gasteiger partial charge in [-0.2, -0.15) is 0 Å². The minimum Gasteiger partial charge on any atom is -0.464 e. The Kier molecular flexibility index (Phi) is 5.12. The third-order valence-corrected chi connectivity index (χ3v) is 4.72. The molecule has 1 rings (SSSR count). The molecule has 0 aliphatic rings. The molecule has 1 aromatic rings. The highest BCUT2D eigenvalue weighted by molar-refractivity contribution is 7.89. The summed E-state index contributed by atoms with van der Waals surface area (Å²) in [5.41, 5.74) is 5.87. The molecule has 0 spiro atoms. The van der Waals surface area contributed by atoms with E-state index in [1.807, 2.05) is 6.92 Å². The first-order valence-corrected chi connectivity index (χ1v) is 7.68. The monoisotopic (exact) mass is 304 g/mol. The Balaban J connectivity index is 3.07. The molecule has 0 fully saturated rings. The number of methoxy groups -OCH3 is 1. The Hall–Kier alpha value is -1.61. The number of imidazole rings is 1. The summed E-state index contributed by atoms with van der Waals surface area (Å²) in [6.45, 7) is 1.99. The van der Waals surface area contributed by atoms with Crippen molar-refractivity contribution in [2.24, 2.45) is 0 Å². The number of hydrogen-bond donors (Lipinski definition) is 1. The minimum atomic E-state index is -3.34. The number of anilines is 1. The molecule has 8 nitrogen and oxygen atoms in total. The van der Waals surface area contributed by atoms with E-state index in [0.717, 1.165) is 4.31 Å². The SMILES string of the molecule is CCc1nc(C(=O)OC)c(N)n1CCS(=O)(=O)N(C)C. The third kappa shape index (κ3) is 3.28. The average Bonchev–Trinajstić information content (AvgIpc) is 2.72. The van der Waals surface area contributed by atoms with Crippen molar-refractivity contribution in [3.05, 3.63) is 11.5 Å². The van der Waals surface area contributed by atoms with Gasteiger partial charge in [-0.15, -0.1) is 0 Å². The first kappa shape index (κ1) is 16.4. The second-order valence-electron chi connectivity index (χ2n) is 4.36. The number of ether oxygens (including phenoxy) is 1. The first-order valence-electron chi connectivity index (χ1n) is 6.08. The maximum atomic E-state index is 11.8. The highest BCUT2D eigenvalue weighted by Crippen LogP contribution is 2.16. The molecule has 114 valence electrons. The first-order chi connectivity index (χ1) is 9.24. The van der Waals surface area contributed by atoms with Gasteiger partial charge in [0.1, 0.15) is 11.6 Å². The van der Waals surface area contributed by atoms with Gasteiger partial charge in [0, 0.05) is 27.1 Å². The highest BCUT2D eigenvalue weighted by Gasteiger charge is 2.22. The molecule has 0 radical (unpaired) electrons. The maximum absolute atomic E-state index is 11.8. The molecule has 0 atom stereocenters. The van der Waals surface area contributed by atoms with E-state index in [1.54, 1.807) is 0 Å². The Morgan fingerprint density at radius 3 is 2.50 bits per heavy atom. The molecule has 2 N–H and O–H groups in total. The largest absolute Gasteiger partial charge is 0.464 e. The van der Waals surface area contributed by atoms with Gasteiger partial charge in [0.05, 0.1) is 12.9 Å². The van der Waals surface area contributed by atoms with Crippen LogP contribution in [-0.4, -0.2) is 55.2 Å². The van der Waals surface area contributed by atoms with Crippen LogP contribution in [0.25, 0.3) is 0 Å². The number of carbonyl (C=O) groups excluding carboxylic acids is 1. The molecular weight excluding hydrogens is 284 g/mol. The van der Waals surface area contributed by atoms with Gasteiger partial charge in [-0.05, 0) is 0 Å². The molecule has 0 saturated carbocycles. The molecule has 0 amide bonds. The van der Waals surface area contributed by atoms with Crippen molar-refractivity contribution < 1.29 is 17.9 Å². The van der Waals surface area contributed by atoms with Crippen molar-refractivity contribution in [2.75, 3.05) is 32.7 Å². The Morgan fingerprint density at radius 2 is 2.05 bits per heavy atom. The zero-order chi connectivity index (χ0) is 15.5. The lowest BCUT2D eigenvalue weighted by molar-refractivity contribution is 0.0595. The summed E-state index contributed by atoms with van der Waals surface area (Å²) < 4.78 is 30.8. The summed E-state index contributed by atoms with van der Waals surface area (Å²) in [6, 6.07) is 0. The predicted octanol–water partition coefficient (Wildman–Crippen LogP) is -0.294. The van der Waals surface area contributed by atoms with Gasteiger partial charge in [0.2, 0.25) is 10.0 Å². The van der Waals surface area contributed by atoms with Gasteiger partial charge in [-0.25, -0.2) is 22.5 Å². The van der Waals surface area contributed by atoms with Crippen LogP contribution in [-0.2, 0) is 27.7 Å². The van der Waals surface area contributed by atoms with Crippen LogP contribution < -0.4 is 5.73 Å². The molecule has 1 aromatic heterocycles. The third-order valence-electron chi connectivity index (χ3n) is 2.91. The number of nitrogens with zero attached hydrogens (tertiary/aromatic N) is 3. The normalized spacial score (nSPS) is 11.8. The molecule has 0 aromatic carbocycles. The van der Waals surface area contributed by atoms with Crippen LogP contribution in [0.15, 0.2) is 0 Å². The number of rotatable bonds is 6. The van der Waals surface area contributed by atoms with E-state index in [2.05, 4.69) is 9.72 Å². The quantitative estimate of drug-likeness (QED) is 0.723. The summed E-state index contributed by atoms with van der Waals surface area (Å²) in [7, 11) is 0.828. The van der Waals surface area contributed by atoms with Crippen LogP contribution in [0.3, 0.4) is 0 Å². The van der Waals surface area contributed by atoms with E-state index in [9.17, 15) is 13.2 Å². The van der Waals surface area contributed by atoms with Gasteiger partial charge in [-0.3, -0.25) is 0 Å². The summed E-state index contributed by atoms with van der Waals surface area (Å²) in [6.07, 6.45) is 0.531. The number of aromatic nitrogens is 2. The Labute approximate surface area is 118 Å². The van der Waals surface area contributed by atoms with Crippen molar-refractivity contribution in [1.82, 2.24) is 13.9 Å². The van der Waals surface area contributed by atoms with Crippen LogP contribution in [0.1, 0.15) is 23.2 Å². The van der Waals surface area contributed by atoms with Crippen molar-refractivity contribution in [1.29, 1.82) is 0 Å². The maximum Gasteiger partial charge on any atom is 0.360 e. The lowest BCUT2D eigenvalue weighted by atomic mass is 10.4. The van der Waals surface area contributed by atoms with Gasteiger partial charge in [0.15, 0.2) is 5.69 Å². The topological polar surface area (TPSA) is 108 Å². The molecular formula is C11H20N4O4S. The second kappa shape index (κ2) is 6.23. The van der Waals surface area contributed by atoms with E-state index in [-0.39, 0.29) is 23.8 Å². The van der Waals surface area contributed by atoms with E-state index < -0.39 is 16.0 Å². The van der Waals surface area contributed by atoms with Gasteiger partial charge in [-0.1, -0.05) is 6.92 Å². The van der Waals surface area contributed by atoms with Crippen LogP contribution in [0, 0.1) is 0 Å². The summed E-state index contributed by atoms with van der Waals surface area (Å²) >= 11 is 0. The summed E-state index contributed by atoms with van der Waals surface area (Å²) in [4.78, 5) is 15.6. The molecule has 0 saturated heterocycles. The molecule has 0 aliphatic carbocycles. The van der Waals surface area contributed by atoms with Crippen LogP contribution in [0.4, 0.5) is 5.82 Å². The number of carbonyl (C=O) groups is 1. The fourth-order valence-electron chi connectivity index (χ4n) is 1.67. The average molecular weight is 304 g/mol. The van der Waals surface area contributed by atoms with Crippen LogP contribution >= 0.6 is 0 Å². The van der Waals surface area contributed by atoms with Crippen molar-refractivity contribution in [3.8, 4) is 0 Å². The second-order valence-corrected chi connectivity index (χ2v) is 6.66. The van der Waals surface area contributed by atoms with Gasteiger partial charge in [0.25, 0.3) is 0 Å². The molecule has 1 heterocycles. The van der Waals surface area contributed by atoms with E-state index >= 15 is 0 Å². The number of hydrogen-bond acceptors (Lipinski definition) is 6. The molecule has 0 aliphatic heterocycles. The van der Waals surface area contributed by atoms with E-state index in [0.29, 0.717) is 12.2 Å². The predicted molar refractivity (Wildman–Crippen MR) is 74.8 cm³/mol. The zero-order valence-electron chi connectivity index (χ0n) is 12.1. The van der Waals surface area contributed by atoms with E-state index in [4.69, 9.17) is 5.73 Å². The van der Waals surface area contributed by atoms with Crippen molar-refractivity contribution >= 4 is 21.8 Å².